The van der Waals surface area contributed by atoms with Crippen molar-refractivity contribution in [3.63, 3.8) is 0 Å². The number of hydrogen-bond donors (Lipinski definition) is 1. The molecule has 2 heterocycles. The predicted molar refractivity (Wildman–Crippen MR) is 124 cm³/mol. The molecule has 8 nitrogen and oxygen atoms in total. The number of aromatic nitrogens is 2. The Bertz CT molecular complexity index is 1240. The number of benzene rings is 1. The number of Topliss-reactive ketones (excluding diaryl/α,β-unsaturated/α-hetero) is 1. The van der Waals surface area contributed by atoms with E-state index >= 15 is 0 Å². The van der Waals surface area contributed by atoms with E-state index in [1.54, 1.807) is 24.3 Å². The molecule has 2 aromatic heterocycles. The summed E-state index contributed by atoms with van der Waals surface area (Å²) in [5.41, 5.74) is 6.44. The van der Waals surface area contributed by atoms with Crippen LogP contribution in [0.4, 0.5) is 4.39 Å². The van der Waals surface area contributed by atoms with Gasteiger partial charge in [-0.25, -0.2) is 9.37 Å². The number of carbonyl (C=O) groups is 3. The number of nitrogens with two attached hydrogens (primary N) is 1. The maximum absolute atomic E-state index is 14.6. The van der Waals surface area contributed by atoms with Crippen molar-refractivity contribution in [3.8, 4) is 17.0 Å². The van der Waals surface area contributed by atoms with Gasteiger partial charge in [0.05, 0.1) is 28.9 Å². The second kappa shape index (κ2) is 9.68. The van der Waals surface area contributed by atoms with Crippen LogP contribution in [-0.4, -0.2) is 45.4 Å². The molecule has 1 saturated carbocycles. The lowest BCUT2D eigenvalue weighted by Crippen LogP contribution is -2.35. The minimum Gasteiger partial charge on any atom is -0.484 e. The van der Waals surface area contributed by atoms with Crippen molar-refractivity contribution < 1.29 is 23.5 Å². The molecule has 0 unspecified atom stereocenters. The lowest BCUT2D eigenvalue weighted by atomic mass is 10.1. The van der Waals surface area contributed by atoms with Crippen LogP contribution in [0.2, 0.25) is 0 Å². The average Bonchev–Trinajstić information content (AvgIpc) is 3.54. The van der Waals surface area contributed by atoms with Crippen LogP contribution < -0.4 is 10.5 Å². The Morgan fingerprint density at radius 1 is 1.24 bits per heavy atom. The Labute approximate surface area is 199 Å². The molecular formula is C24H23FN4O4S. The molecule has 0 radical (unpaired) electrons. The maximum atomic E-state index is 14.6. The van der Waals surface area contributed by atoms with Gasteiger partial charge in [-0.15, -0.1) is 0 Å². The summed E-state index contributed by atoms with van der Waals surface area (Å²) in [7, 11) is 1.38. The number of carbonyl (C=O) groups excluding carboxylic acids is 3. The maximum Gasteiger partial charge on any atom is 0.257 e. The highest BCUT2D eigenvalue weighted by Crippen LogP contribution is 2.33. The lowest BCUT2D eigenvalue weighted by Gasteiger charge is -2.15. The number of hydrogen-bond acceptors (Lipinski definition) is 7. The Morgan fingerprint density at radius 2 is 2.00 bits per heavy atom. The van der Waals surface area contributed by atoms with Crippen LogP contribution >= 0.6 is 11.5 Å². The largest absolute Gasteiger partial charge is 0.484 e. The Balaban J connectivity index is 1.43. The van der Waals surface area contributed by atoms with E-state index in [1.165, 1.54) is 36.9 Å². The van der Waals surface area contributed by atoms with Crippen LogP contribution in [0.1, 0.15) is 51.6 Å². The highest BCUT2D eigenvalue weighted by atomic mass is 32.1. The summed E-state index contributed by atoms with van der Waals surface area (Å²) in [6.45, 7) is 1.56. The first-order valence-corrected chi connectivity index (χ1v) is 11.5. The molecule has 3 aromatic rings. The monoisotopic (exact) mass is 482 g/mol. The van der Waals surface area contributed by atoms with Gasteiger partial charge in [0, 0.05) is 18.5 Å². The van der Waals surface area contributed by atoms with Gasteiger partial charge >= 0.3 is 0 Å². The van der Waals surface area contributed by atoms with Crippen molar-refractivity contribution in [1.82, 2.24) is 14.3 Å². The molecule has 0 saturated heterocycles. The van der Waals surface area contributed by atoms with E-state index in [9.17, 15) is 18.8 Å². The molecule has 1 aliphatic rings. The van der Waals surface area contributed by atoms with E-state index in [0.717, 1.165) is 22.6 Å². The summed E-state index contributed by atoms with van der Waals surface area (Å²) in [5, 5.41) is 0. The zero-order valence-corrected chi connectivity index (χ0v) is 19.5. The topological polar surface area (TPSA) is 115 Å². The van der Waals surface area contributed by atoms with E-state index in [-0.39, 0.29) is 29.9 Å². The highest BCUT2D eigenvalue weighted by Gasteiger charge is 2.31. The Hall–Kier alpha value is -3.66. The first-order chi connectivity index (χ1) is 16.2. The van der Waals surface area contributed by atoms with Crippen LogP contribution in [0.25, 0.3) is 11.3 Å². The fraction of sp³-hybridized carbons (Fsp3) is 0.292. The third-order valence-corrected chi connectivity index (χ3v) is 6.36. The van der Waals surface area contributed by atoms with Crippen molar-refractivity contribution in [2.75, 3.05) is 13.6 Å². The first kappa shape index (κ1) is 23.5. The summed E-state index contributed by atoms with van der Waals surface area (Å²) in [6, 6.07) is 9.38. The number of rotatable bonds is 9. The molecule has 4 rings (SSSR count). The number of ketones is 1. The predicted octanol–water partition coefficient (Wildman–Crippen LogP) is 3.63. The van der Waals surface area contributed by atoms with E-state index in [1.807, 2.05) is 6.92 Å². The summed E-state index contributed by atoms with van der Waals surface area (Å²) >= 11 is 1.22. The summed E-state index contributed by atoms with van der Waals surface area (Å²) < 4.78 is 24.9. The molecule has 1 aliphatic carbocycles. The fourth-order valence-corrected chi connectivity index (χ4v) is 4.11. The molecule has 1 atom stereocenters. The van der Waals surface area contributed by atoms with Crippen LogP contribution in [0, 0.1) is 11.7 Å². The standard InChI is InChI=1S/C24H23FN4O4S/c1-13(33-16-6-8-19(27-11-16)23(31)14-3-4-14)21-10-20(28-34-21)15-5-7-17(18(25)9-15)24(32)29(2)12-22(26)30/h5-11,13-14H,3-4,12H2,1-2H3,(H2,26,30)/t13-/m1/s1. The molecule has 1 fully saturated rings. The van der Waals surface area contributed by atoms with Gasteiger partial charge in [-0.3, -0.25) is 14.4 Å². The number of halogens is 1. The van der Waals surface area contributed by atoms with Crippen LogP contribution in [0.3, 0.4) is 0 Å². The molecule has 0 spiro atoms. The highest BCUT2D eigenvalue weighted by molar-refractivity contribution is 7.06. The fourth-order valence-electron chi connectivity index (χ4n) is 3.39. The van der Waals surface area contributed by atoms with Crippen LogP contribution in [0.15, 0.2) is 42.6 Å². The third kappa shape index (κ3) is 5.28. The van der Waals surface area contributed by atoms with Gasteiger partial charge in [0.2, 0.25) is 5.91 Å². The molecule has 176 valence electrons. The second-order valence-corrected chi connectivity index (χ2v) is 9.05. The number of pyridine rings is 1. The number of likely N-dealkylation sites (N-methyl/N-ethyl adjacent to an activating group) is 1. The van der Waals surface area contributed by atoms with Crippen LogP contribution in [-0.2, 0) is 4.79 Å². The summed E-state index contributed by atoms with van der Waals surface area (Å²) in [5.74, 6) is -1.32. The second-order valence-electron chi connectivity index (χ2n) is 8.21. The van der Waals surface area contributed by atoms with Crippen molar-refractivity contribution >= 4 is 29.1 Å². The van der Waals surface area contributed by atoms with Gasteiger partial charge in [-0.2, -0.15) is 4.37 Å². The van der Waals surface area contributed by atoms with E-state index in [4.69, 9.17) is 10.5 Å². The van der Waals surface area contributed by atoms with E-state index in [0.29, 0.717) is 22.7 Å². The van der Waals surface area contributed by atoms with Crippen molar-refractivity contribution in [1.29, 1.82) is 0 Å². The van der Waals surface area contributed by atoms with Gasteiger partial charge in [0.1, 0.15) is 23.4 Å². The normalized spacial score (nSPS) is 13.9. The molecule has 2 amide bonds. The number of primary amides is 1. The number of nitrogens with zero attached hydrogens (tertiary/aromatic N) is 3. The van der Waals surface area contributed by atoms with Gasteiger partial charge in [-0.1, -0.05) is 6.07 Å². The molecule has 0 aliphatic heterocycles. The zero-order valence-electron chi connectivity index (χ0n) is 18.7. The quantitative estimate of drug-likeness (QED) is 0.466. The molecule has 10 heteroatoms. The summed E-state index contributed by atoms with van der Waals surface area (Å²) in [4.78, 5) is 41.5. The van der Waals surface area contributed by atoms with Crippen molar-refractivity contribution in [3.05, 3.63) is 64.5 Å². The smallest absolute Gasteiger partial charge is 0.257 e. The van der Waals surface area contributed by atoms with E-state index < -0.39 is 17.6 Å². The molecule has 34 heavy (non-hydrogen) atoms. The zero-order chi connectivity index (χ0) is 24.4. The molecule has 1 aromatic carbocycles. The van der Waals surface area contributed by atoms with Gasteiger partial charge < -0.3 is 15.4 Å². The van der Waals surface area contributed by atoms with Gasteiger partial charge in [-0.05, 0) is 61.6 Å². The van der Waals surface area contributed by atoms with Gasteiger partial charge in [0.25, 0.3) is 5.91 Å². The van der Waals surface area contributed by atoms with E-state index in [2.05, 4.69) is 9.36 Å². The van der Waals surface area contributed by atoms with Crippen LogP contribution in [0.5, 0.6) is 5.75 Å². The minimum atomic E-state index is -0.718. The molecular weight excluding hydrogens is 459 g/mol. The Kier molecular flexibility index (Phi) is 6.69. The first-order valence-electron chi connectivity index (χ1n) is 10.7. The lowest BCUT2D eigenvalue weighted by molar-refractivity contribution is -0.118. The molecule has 2 N–H and O–H groups in total. The van der Waals surface area contributed by atoms with Crippen molar-refractivity contribution in [2.24, 2.45) is 11.7 Å². The third-order valence-electron chi connectivity index (χ3n) is 5.41. The van der Waals surface area contributed by atoms with Crippen molar-refractivity contribution in [2.45, 2.75) is 25.9 Å². The summed E-state index contributed by atoms with van der Waals surface area (Å²) in [6.07, 6.45) is 3.05. The Morgan fingerprint density at radius 3 is 2.62 bits per heavy atom. The minimum absolute atomic E-state index is 0.0751. The SMILES string of the molecule is C[C@@H](Oc1ccc(C(=O)C2CC2)nc1)c1cc(-c2ccc(C(=O)N(C)CC(N)=O)c(F)c2)ns1. The number of amides is 2. The number of ether oxygens (including phenoxy) is 1. The van der Waals surface area contributed by atoms with Gasteiger partial charge in [0.15, 0.2) is 5.78 Å². The molecule has 0 bridgehead atoms. The average molecular weight is 483 g/mol.